The van der Waals surface area contributed by atoms with Crippen molar-refractivity contribution in [3.05, 3.63) is 30.5 Å². The molecular formula is C16H20N2O. The molecule has 19 heavy (non-hydrogen) atoms. The Morgan fingerprint density at radius 2 is 2.26 bits per heavy atom. The third-order valence-electron chi connectivity index (χ3n) is 4.32. The summed E-state index contributed by atoms with van der Waals surface area (Å²) in [7, 11) is 0. The SMILES string of the molecule is CC1CCCC1CC(=O)Nc1ccc2[nH]ccc2c1. The number of hydrogen-bond acceptors (Lipinski definition) is 1. The number of hydrogen-bond donors (Lipinski definition) is 2. The Hall–Kier alpha value is -1.77. The zero-order valence-electron chi connectivity index (χ0n) is 11.3. The molecule has 1 amide bonds. The van der Waals surface area contributed by atoms with E-state index in [1.165, 1.54) is 19.3 Å². The number of rotatable bonds is 3. The molecule has 0 bridgehead atoms. The minimum atomic E-state index is 0.147. The van der Waals surface area contributed by atoms with Crippen LogP contribution in [0.4, 0.5) is 5.69 Å². The van der Waals surface area contributed by atoms with Gasteiger partial charge in [-0.3, -0.25) is 4.79 Å². The van der Waals surface area contributed by atoms with Crippen LogP contribution >= 0.6 is 0 Å². The molecule has 0 spiro atoms. The van der Waals surface area contributed by atoms with Crippen molar-refractivity contribution in [2.75, 3.05) is 5.32 Å². The predicted molar refractivity (Wildman–Crippen MR) is 78.1 cm³/mol. The number of benzene rings is 1. The van der Waals surface area contributed by atoms with Crippen LogP contribution in [0, 0.1) is 11.8 Å². The van der Waals surface area contributed by atoms with Gasteiger partial charge in [0.15, 0.2) is 0 Å². The van der Waals surface area contributed by atoms with Crippen LogP contribution in [-0.4, -0.2) is 10.9 Å². The van der Waals surface area contributed by atoms with Crippen molar-refractivity contribution < 1.29 is 4.79 Å². The van der Waals surface area contributed by atoms with Gasteiger partial charge in [-0.05, 0) is 42.5 Å². The number of aromatic amines is 1. The first kappa shape index (κ1) is 12.3. The van der Waals surface area contributed by atoms with Crippen LogP contribution in [0.25, 0.3) is 10.9 Å². The summed E-state index contributed by atoms with van der Waals surface area (Å²) in [5.74, 6) is 1.41. The summed E-state index contributed by atoms with van der Waals surface area (Å²) in [6.07, 6.45) is 6.32. The summed E-state index contributed by atoms with van der Waals surface area (Å²) in [5, 5.41) is 4.15. The van der Waals surface area contributed by atoms with Crippen molar-refractivity contribution in [2.24, 2.45) is 11.8 Å². The average Bonchev–Trinajstić information content (AvgIpc) is 2.98. The van der Waals surface area contributed by atoms with E-state index in [-0.39, 0.29) is 5.91 Å². The number of amides is 1. The summed E-state index contributed by atoms with van der Waals surface area (Å²) in [4.78, 5) is 15.2. The normalized spacial score (nSPS) is 22.8. The zero-order valence-corrected chi connectivity index (χ0v) is 11.3. The molecular weight excluding hydrogens is 236 g/mol. The molecule has 3 rings (SSSR count). The lowest BCUT2D eigenvalue weighted by Gasteiger charge is -2.14. The van der Waals surface area contributed by atoms with Crippen LogP contribution < -0.4 is 5.32 Å². The molecule has 1 aromatic carbocycles. The van der Waals surface area contributed by atoms with Gasteiger partial charge in [-0.1, -0.05) is 19.8 Å². The number of aromatic nitrogens is 1. The number of carbonyl (C=O) groups excluding carboxylic acids is 1. The number of H-pyrrole nitrogens is 1. The van der Waals surface area contributed by atoms with E-state index < -0.39 is 0 Å². The van der Waals surface area contributed by atoms with Crippen molar-refractivity contribution in [1.29, 1.82) is 0 Å². The van der Waals surface area contributed by atoms with Crippen molar-refractivity contribution in [2.45, 2.75) is 32.6 Å². The molecule has 2 unspecified atom stereocenters. The minimum Gasteiger partial charge on any atom is -0.361 e. The molecule has 1 aliphatic carbocycles. The van der Waals surface area contributed by atoms with Crippen LogP contribution in [-0.2, 0) is 4.79 Å². The molecule has 2 atom stereocenters. The quantitative estimate of drug-likeness (QED) is 0.858. The monoisotopic (exact) mass is 256 g/mol. The number of carbonyl (C=O) groups is 1. The smallest absolute Gasteiger partial charge is 0.224 e. The molecule has 2 aromatic rings. The molecule has 2 N–H and O–H groups in total. The van der Waals surface area contributed by atoms with E-state index in [4.69, 9.17) is 0 Å². The molecule has 1 aliphatic rings. The van der Waals surface area contributed by atoms with Gasteiger partial charge in [0.05, 0.1) is 0 Å². The highest BCUT2D eigenvalue weighted by Gasteiger charge is 2.25. The van der Waals surface area contributed by atoms with Gasteiger partial charge in [-0.2, -0.15) is 0 Å². The largest absolute Gasteiger partial charge is 0.361 e. The summed E-state index contributed by atoms with van der Waals surface area (Å²) < 4.78 is 0. The maximum atomic E-state index is 12.1. The molecule has 1 aromatic heterocycles. The van der Waals surface area contributed by atoms with E-state index in [1.54, 1.807) is 0 Å². The van der Waals surface area contributed by atoms with Crippen molar-refractivity contribution in [1.82, 2.24) is 4.98 Å². The van der Waals surface area contributed by atoms with Gasteiger partial charge in [0.25, 0.3) is 0 Å². The lowest BCUT2D eigenvalue weighted by molar-refractivity contribution is -0.117. The van der Waals surface area contributed by atoms with Crippen molar-refractivity contribution in [3.8, 4) is 0 Å². The topological polar surface area (TPSA) is 44.9 Å². The molecule has 1 fully saturated rings. The van der Waals surface area contributed by atoms with E-state index in [2.05, 4.69) is 17.2 Å². The standard InChI is InChI=1S/C16H20N2O/c1-11-3-2-4-12(11)10-16(19)18-14-5-6-15-13(9-14)7-8-17-15/h5-9,11-12,17H,2-4,10H2,1H3,(H,18,19). The van der Waals surface area contributed by atoms with Crippen LogP contribution in [0.15, 0.2) is 30.5 Å². The average molecular weight is 256 g/mol. The molecule has 3 nitrogen and oxygen atoms in total. The van der Waals surface area contributed by atoms with Gasteiger partial charge >= 0.3 is 0 Å². The van der Waals surface area contributed by atoms with E-state index in [0.29, 0.717) is 18.3 Å². The maximum absolute atomic E-state index is 12.1. The first-order chi connectivity index (χ1) is 9.22. The Kier molecular flexibility index (Phi) is 3.28. The third-order valence-corrected chi connectivity index (χ3v) is 4.32. The highest BCUT2D eigenvalue weighted by molar-refractivity contribution is 5.93. The Balaban J connectivity index is 1.65. The fourth-order valence-electron chi connectivity index (χ4n) is 3.11. The molecule has 0 radical (unpaired) electrons. The van der Waals surface area contributed by atoms with Crippen LogP contribution in [0.5, 0.6) is 0 Å². The second-order valence-corrected chi connectivity index (χ2v) is 5.70. The zero-order chi connectivity index (χ0) is 13.2. The fraction of sp³-hybridized carbons (Fsp3) is 0.438. The lowest BCUT2D eigenvalue weighted by Crippen LogP contribution is -2.17. The summed E-state index contributed by atoms with van der Waals surface area (Å²) in [6, 6.07) is 7.99. The van der Waals surface area contributed by atoms with Gasteiger partial charge in [0.2, 0.25) is 5.91 Å². The summed E-state index contributed by atoms with van der Waals surface area (Å²) >= 11 is 0. The second-order valence-electron chi connectivity index (χ2n) is 5.70. The molecule has 100 valence electrons. The second kappa shape index (κ2) is 5.08. The number of fused-ring (bicyclic) bond motifs is 1. The predicted octanol–water partition coefficient (Wildman–Crippen LogP) is 3.93. The maximum Gasteiger partial charge on any atom is 0.224 e. The Morgan fingerprint density at radius 1 is 1.37 bits per heavy atom. The number of nitrogens with one attached hydrogen (secondary N) is 2. The van der Waals surface area contributed by atoms with E-state index in [0.717, 1.165) is 16.6 Å². The first-order valence-electron chi connectivity index (χ1n) is 7.09. The van der Waals surface area contributed by atoms with Gasteiger partial charge in [-0.25, -0.2) is 0 Å². The van der Waals surface area contributed by atoms with E-state index in [1.807, 2.05) is 30.5 Å². The minimum absolute atomic E-state index is 0.147. The number of anilines is 1. The Morgan fingerprint density at radius 3 is 3.05 bits per heavy atom. The fourth-order valence-corrected chi connectivity index (χ4v) is 3.11. The van der Waals surface area contributed by atoms with Crippen LogP contribution in [0.1, 0.15) is 32.6 Å². The van der Waals surface area contributed by atoms with Gasteiger partial charge < -0.3 is 10.3 Å². The third kappa shape index (κ3) is 2.65. The van der Waals surface area contributed by atoms with Crippen LogP contribution in [0.2, 0.25) is 0 Å². The Bertz CT molecular complexity index is 587. The summed E-state index contributed by atoms with van der Waals surface area (Å²) in [6.45, 7) is 2.26. The van der Waals surface area contributed by atoms with Gasteiger partial charge in [-0.15, -0.1) is 0 Å². The van der Waals surface area contributed by atoms with Crippen molar-refractivity contribution in [3.63, 3.8) is 0 Å². The lowest BCUT2D eigenvalue weighted by atomic mass is 9.94. The van der Waals surface area contributed by atoms with Crippen molar-refractivity contribution >= 4 is 22.5 Å². The highest BCUT2D eigenvalue weighted by Crippen LogP contribution is 2.33. The summed E-state index contributed by atoms with van der Waals surface area (Å²) in [5.41, 5.74) is 1.99. The van der Waals surface area contributed by atoms with Gasteiger partial charge in [0, 0.05) is 29.2 Å². The van der Waals surface area contributed by atoms with E-state index >= 15 is 0 Å². The van der Waals surface area contributed by atoms with Crippen LogP contribution in [0.3, 0.4) is 0 Å². The highest BCUT2D eigenvalue weighted by atomic mass is 16.1. The molecule has 3 heteroatoms. The Labute approximate surface area is 113 Å². The molecule has 0 saturated heterocycles. The first-order valence-corrected chi connectivity index (χ1v) is 7.09. The van der Waals surface area contributed by atoms with Gasteiger partial charge in [0.1, 0.15) is 0 Å². The molecule has 1 heterocycles. The molecule has 1 saturated carbocycles. The molecule has 0 aliphatic heterocycles. The van der Waals surface area contributed by atoms with E-state index in [9.17, 15) is 4.79 Å².